The minimum absolute atomic E-state index is 0.0241. The van der Waals surface area contributed by atoms with Crippen LogP contribution in [0.2, 0.25) is 0 Å². The van der Waals surface area contributed by atoms with Crippen molar-refractivity contribution in [2.75, 3.05) is 39.3 Å². The second-order valence-corrected chi connectivity index (χ2v) is 6.34. The molecule has 0 spiro atoms. The average Bonchev–Trinajstić information content (AvgIpc) is 2.36. The third-order valence-corrected chi connectivity index (χ3v) is 3.54. The predicted octanol–water partition coefficient (Wildman–Crippen LogP) is 0.744. The second kappa shape index (κ2) is 7.51. The van der Waals surface area contributed by atoms with E-state index in [0.717, 1.165) is 13.1 Å². The van der Waals surface area contributed by atoms with Gasteiger partial charge < -0.3 is 15.3 Å². The maximum absolute atomic E-state index is 12.1. The van der Waals surface area contributed by atoms with Crippen LogP contribution < -0.4 is 5.32 Å². The lowest BCUT2D eigenvalue weighted by molar-refractivity contribution is 0.121. The van der Waals surface area contributed by atoms with Gasteiger partial charge >= 0.3 is 6.03 Å². The van der Waals surface area contributed by atoms with Gasteiger partial charge in [-0.05, 0) is 18.8 Å². The predicted molar refractivity (Wildman–Crippen MR) is 80.3 cm³/mol. The summed E-state index contributed by atoms with van der Waals surface area (Å²) in [7, 11) is 0. The number of piperazine rings is 1. The van der Waals surface area contributed by atoms with Crippen molar-refractivity contribution in [3.63, 3.8) is 0 Å². The van der Waals surface area contributed by atoms with Gasteiger partial charge in [-0.25, -0.2) is 4.79 Å². The number of aliphatic hydroxyl groups excluding tert-OH is 1. The maximum atomic E-state index is 12.1. The van der Waals surface area contributed by atoms with E-state index in [0.29, 0.717) is 32.6 Å². The van der Waals surface area contributed by atoms with Gasteiger partial charge in [-0.3, -0.25) is 4.90 Å². The van der Waals surface area contributed by atoms with E-state index in [9.17, 15) is 9.90 Å². The van der Waals surface area contributed by atoms with E-state index in [2.05, 4.69) is 16.1 Å². The summed E-state index contributed by atoms with van der Waals surface area (Å²) in [5.41, 5.74) is -0.102. The molecule has 20 heavy (non-hydrogen) atoms. The van der Waals surface area contributed by atoms with E-state index in [4.69, 9.17) is 6.42 Å². The highest BCUT2D eigenvalue weighted by Crippen LogP contribution is 2.21. The lowest BCUT2D eigenvalue weighted by atomic mass is 9.87. The first-order valence-corrected chi connectivity index (χ1v) is 7.21. The summed E-state index contributed by atoms with van der Waals surface area (Å²) in [6, 6.07) is -0.0241. The molecular weight excluding hydrogens is 254 g/mol. The van der Waals surface area contributed by atoms with Crippen LogP contribution in [0.1, 0.15) is 27.2 Å². The molecule has 2 amide bonds. The SMILES string of the molecule is C#CCN1CCN(C(=O)NCC(C)(C)CC(C)O)CC1. The molecule has 1 saturated heterocycles. The standard InChI is InChI=1S/C15H27N3O2/c1-5-6-17-7-9-18(10-8-17)14(20)16-12-15(3,4)11-13(2)19/h1,13,19H,6-12H2,2-4H3,(H,16,20). The summed E-state index contributed by atoms with van der Waals surface area (Å²) in [5.74, 6) is 2.63. The van der Waals surface area contributed by atoms with Crippen LogP contribution in [0.15, 0.2) is 0 Å². The Balaban J connectivity index is 2.32. The van der Waals surface area contributed by atoms with Gasteiger partial charge in [0.2, 0.25) is 0 Å². The highest BCUT2D eigenvalue weighted by molar-refractivity contribution is 5.74. The molecular formula is C15H27N3O2. The highest BCUT2D eigenvalue weighted by Gasteiger charge is 2.24. The molecule has 1 unspecified atom stereocenters. The number of hydrogen-bond donors (Lipinski definition) is 2. The van der Waals surface area contributed by atoms with Crippen LogP contribution in [0.3, 0.4) is 0 Å². The van der Waals surface area contributed by atoms with Crippen molar-refractivity contribution >= 4 is 6.03 Å². The van der Waals surface area contributed by atoms with Crippen molar-refractivity contribution in [2.45, 2.75) is 33.3 Å². The first kappa shape index (κ1) is 16.8. The molecule has 0 bridgehead atoms. The number of amides is 2. The lowest BCUT2D eigenvalue weighted by Gasteiger charge is -2.35. The van der Waals surface area contributed by atoms with Crippen molar-refractivity contribution in [3.05, 3.63) is 0 Å². The molecule has 0 aromatic heterocycles. The fraction of sp³-hybridized carbons (Fsp3) is 0.800. The van der Waals surface area contributed by atoms with Gasteiger partial charge in [-0.1, -0.05) is 19.8 Å². The van der Waals surface area contributed by atoms with E-state index in [-0.39, 0.29) is 17.6 Å². The van der Waals surface area contributed by atoms with Gasteiger partial charge in [0.05, 0.1) is 12.6 Å². The zero-order valence-electron chi connectivity index (χ0n) is 12.9. The van der Waals surface area contributed by atoms with E-state index in [1.165, 1.54) is 0 Å². The minimum atomic E-state index is -0.353. The molecule has 1 heterocycles. The van der Waals surface area contributed by atoms with Crippen LogP contribution in [0.25, 0.3) is 0 Å². The maximum Gasteiger partial charge on any atom is 0.317 e. The minimum Gasteiger partial charge on any atom is -0.393 e. The Morgan fingerprint density at radius 2 is 2.00 bits per heavy atom. The van der Waals surface area contributed by atoms with Gasteiger partial charge in [0.1, 0.15) is 0 Å². The van der Waals surface area contributed by atoms with E-state index in [1.54, 1.807) is 6.92 Å². The molecule has 2 N–H and O–H groups in total. The van der Waals surface area contributed by atoms with Gasteiger partial charge in [-0.2, -0.15) is 0 Å². The molecule has 5 heteroatoms. The number of nitrogens with zero attached hydrogens (tertiary/aromatic N) is 2. The van der Waals surface area contributed by atoms with Gasteiger partial charge in [0, 0.05) is 32.7 Å². The van der Waals surface area contributed by atoms with Crippen molar-refractivity contribution in [3.8, 4) is 12.3 Å². The van der Waals surface area contributed by atoms with Gasteiger partial charge in [0.25, 0.3) is 0 Å². The Morgan fingerprint density at radius 3 is 2.50 bits per heavy atom. The van der Waals surface area contributed by atoms with Crippen LogP contribution in [-0.4, -0.2) is 66.3 Å². The van der Waals surface area contributed by atoms with Gasteiger partial charge in [0.15, 0.2) is 0 Å². The lowest BCUT2D eigenvalue weighted by Crippen LogP contribution is -2.52. The monoisotopic (exact) mass is 281 g/mol. The van der Waals surface area contributed by atoms with Gasteiger partial charge in [-0.15, -0.1) is 6.42 Å². The number of hydrogen-bond acceptors (Lipinski definition) is 3. The van der Waals surface area contributed by atoms with Crippen LogP contribution in [-0.2, 0) is 0 Å². The fourth-order valence-electron chi connectivity index (χ4n) is 2.54. The Labute approximate surface area is 122 Å². The zero-order valence-corrected chi connectivity index (χ0v) is 12.9. The van der Waals surface area contributed by atoms with Crippen LogP contribution in [0.4, 0.5) is 4.79 Å². The van der Waals surface area contributed by atoms with Crippen LogP contribution >= 0.6 is 0 Å². The van der Waals surface area contributed by atoms with E-state index >= 15 is 0 Å². The van der Waals surface area contributed by atoms with E-state index in [1.807, 2.05) is 18.7 Å². The largest absolute Gasteiger partial charge is 0.393 e. The molecule has 1 rings (SSSR count). The molecule has 0 radical (unpaired) electrons. The van der Waals surface area contributed by atoms with Crippen molar-refractivity contribution in [1.29, 1.82) is 0 Å². The number of terminal acetylenes is 1. The second-order valence-electron chi connectivity index (χ2n) is 6.34. The molecule has 5 nitrogen and oxygen atoms in total. The Kier molecular flexibility index (Phi) is 6.31. The molecule has 0 saturated carbocycles. The number of carbonyl (C=O) groups is 1. The summed E-state index contributed by atoms with van der Waals surface area (Å²) in [4.78, 5) is 16.1. The molecule has 1 aliphatic heterocycles. The summed E-state index contributed by atoms with van der Waals surface area (Å²) in [5, 5.41) is 12.4. The Morgan fingerprint density at radius 1 is 1.40 bits per heavy atom. The summed E-state index contributed by atoms with van der Waals surface area (Å²) >= 11 is 0. The van der Waals surface area contributed by atoms with Crippen molar-refractivity contribution < 1.29 is 9.90 Å². The molecule has 0 aromatic carbocycles. The van der Waals surface area contributed by atoms with Crippen LogP contribution in [0, 0.1) is 17.8 Å². The molecule has 0 aliphatic carbocycles. The summed E-state index contributed by atoms with van der Waals surface area (Å²) in [6.45, 7) is 10.2. The fourth-order valence-corrected chi connectivity index (χ4v) is 2.54. The quantitative estimate of drug-likeness (QED) is 0.731. The first-order valence-electron chi connectivity index (χ1n) is 7.21. The third-order valence-electron chi connectivity index (χ3n) is 3.54. The third kappa shape index (κ3) is 5.81. The molecule has 1 aliphatic rings. The number of urea groups is 1. The highest BCUT2D eigenvalue weighted by atomic mass is 16.3. The number of aliphatic hydroxyl groups is 1. The Bertz CT molecular complexity index is 353. The molecule has 1 fully saturated rings. The first-order chi connectivity index (χ1) is 9.34. The normalized spacial score (nSPS) is 18.4. The molecule has 114 valence electrons. The van der Waals surface area contributed by atoms with E-state index < -0.39 is 0 Å². The number of carbonyl (C=O) groups excluding carboxylic acids is 1. The average molecular weight is 281 g/mol. The summed E-state index contributed by atoms with van der Waals surface area (Å²) < 4.78 is 0. The van der Waals surface area contributed by atoms with Crippen LogP contribution in [0.5, 0.6) is 0 Å². The smallest absolute Gasteiger partial charge is 0.317 e. The summed E-state index contributed by atoms with van der Waals surface area (Å²) in [6.07, 6.45) is 5.60. The number of rotatable bonds is 5. The molecule has 0 aromatic rings. The topological polar surface area (TPSA) is 55.8 Å². The molecule has 1 atom stereocenters. The van der Waals surface area contributed by atoms with Crippen molar-refractivity contribution in [1.82, 2.24) is 15.1 Å². The zero-order chi connectivity index (χ0) is 15.2. The Hall–Kier alpha value is -1.25. The number of nitrogens with one attached hydrogen (secondary N) is 1. The van der Waals surface area contributed by atoms with Crippen molar-refractivity contribution in [2.24, 2.45) is 5.41 Å².